The number of methoxy groups -OCH3 is 1. The van der Waals surface area contributed by atoms with Crippen molar-refractivity contribution in [2.24, 2.45) is 0 Å². The average Bonchev–Trinajstić information content (AvgIpc) is 2.72. The van der Waals surface area contributed by atoms with Crippen LogP contribution in [0.4, 0.5) is 4.39 Å². The molecule has 90 valence electrons. The summed E-state index contributed by atoms with van der Waals surface area (Å²) < 4.78 is 20.0. The molecule has 1 heterocycles. The number of hydrogen-bond donors (Lipinski definition) is 0. The Morgan fingerprint density at radius 3 is 2.76 bits per heavy atom. The second-order valence-electron chi connectivity index (χ2n) is 4.07. The number of aromatic nitrogens is 2. The zero-order valence-corrected chi connectivity index (χ0v) is 9.90. The first kappa shape index (κ1) is 11.6. The van der Waals surface area contributed by atoms with Crippen LogP contribution >= 0.6 is 0 Å². The lowest BCUT2D eigenvalue weighted by atomic mass is 10.1. The number of ether oxygens (including phenoxy) is 1. The van der Waals surface area contributed by atoms with Crippen molar-refractivity contribution >= 4 is 16.9 Å². The molecular formula is C12H13FN2O2. The first-order chi connectivity index (χ1) is 8.04. The van der Waals surface area contributed by atoms with Crippen LogP contribution in [0.5, 0.6) is 0 Å². The molecule has 5 heteroatoms. The minimum atomic E-state index is -0.553. The minimum absolute atomic E-state index is 0.0970. The molecule has 0 unspecified atom stereocenters. The lowest BCUT2D eigenvalue weighted by Gasteiger charge is -2.08. The fourth-order valence-electron chi connectivity index (χ4n) is 1.75. The lowest BCUT2D eigenvalue weighted by molar-refractivity contribution is 0.0600. The molecular weight excluding hydrogens is 223 g/mol. The molecule has 2 aromatic rings. The number of halogens is 1. The minimum Gasteiger partial charge on any atom is -0.465 e. The largest absolute Gasteiger partial charge is 0.465 e. The van der Waals surface area contributed by atoms with E-state index in [0.717, 1.165) is 0 Å². The smallest absolute Gasteiger partial charge is 0.338 e. The zero-order valence-electron chi connectivity index (χ0n) is 9.90. The van der Waals surface area contributed by atoms with Gasteiger partial charge in [-0.25, -0.2) is 9.18 Å². The SMILES string of the molecule is COC(=O)c1cc(F)c2cnn(C(C)C)c2c1. The summed E-state index contributed by atoms with van der Waals surface area (Å²) in [5.41, 5.74) is 0.792. The second kappa shape index (κ2) is 4.16. The van der Waals surface area contributed by atoms with Gasteiger partial charge < -0.3 is 4.74 Å². The Morgan fingerprint density at radius 2 is 2.18 bits per heavy atom. The topological polar surface area (TPSA) is 44.1 Å². The molecule has 0 atom stereocenters. The average molecular weight is 236 g/mol. The molecule has 0 bridgehead atoms. The van der Waals surface area contributed by atoms with Crippen LogP contribution in [0.2, 0.25) is 0 Å². The number of nitrogens with zero attached hydrogens (tertiary/aromatic N) is 2. The van der Waals surface area contributed by atoms with Crippen molar-refractivity contribution in [2.45, 2.75) is 19.9 Å². The third kappa shape index (κ3) is 1.88. The highest BCUT2D eigenvalue weighted by Crippen LogP contribution is 2.22. The van der Waals surface area contributed by atoms with Gasteiger partial charge >= 0.3 is 5.97 Å². The zero-order chi connectivity index (χ0) is 12.6. The van der Waals surface area contributed by atoms with Gasteiger partial charge in [-0.1, -0.05) is 0 Å². The molecule has 1 aromatic carbocycles. The Morgan fingerprint density at radius 1 is 1.47 bits per heavy atom. The number of rotatable bonds is 2. The van der Waals surface area contributed by atoms with Gasteiger partial charge in [0, 0.05) is 6.04 Å². The van der Waals surface area contributed by atoms with Crippen LogP contribution < -0.4 is 0 Å². The van der Waals surface area contributed by atoms with E-state index in [1.165, 1.54) is 19.4 Å². The van der Waals surface area contributed by atoms with Gasteiger partial charge in [0.1, 0.15) is 5.82 Å². The van der Waals surface area contributed by atoms with E-state index in [-0.39, 0.29) is 11.6 Å². The summed E-state index contributed by atoms with van der Waals surface area (Å²) in [5, 5.41) is 4.52. The van der Waals surface area contributed by atoms with Crippen molar-refractivity contribution in [1.82, 2.24) is 9.78 Å². The molecule has 4 nitrogen and oxygen atoms in total. The maximum Gasteiger partial charge on any atom is 0.338 e. The van der Waals surface area contributed by atoms with Crippen LogP contribution in [-0.4, -0.2) is 22.9 Å². The van der Waals surface area contributed by atoms with Crippen molar-refractivity contribution in [3.05, 3.63) is 29.7 Å². The van der Waals surface area contributed by atoms with Gasteiger partial charge in [0.25, 0.3) is 0 Å². The summed E-state index contributed by atoms with van der Waals surface area (Å²) in [6.45, 7) is 3.88. The van der Waals surface area contributed by atoms with Gasteiger partial charge in [-0.15, -0.1) is 0 Å². The normalized spacial score (nSPS) is 11.1. The third-order valence-corrected chi connectivity index (χ3v) is 2.58. The third-order valence-electron chi connectivity index (χ3n) is 2.58. The molecule has 0 saturated carbocycles. The van der Waals surface area contributed by atoms with Gasteiger partial charge in [0.05, 0.1) is 29.8 Å². The molecule has 0 fully saturated rings. The predicted octanol–water partition coefficient (Wildman–Crippen LogP) is 2.54. The Labute approximate surface area is 98.0 Å². The number of fused-ring (bicyclic) bond motifs is 1. The van der Waals surface area contributed by atoms with E-state index in [2.05, 4.69) is 9.84 Å². The molecule has 17 heavy (non-hydrogen) atoms. The van der Waals surface area contributed by atoms with E-state index in [1.807, 2.05) is 13.8 Å². The summed E-state index contributed by atoms with van der Waals surface area (Å²) in [6, 6.07) is 2.86. The summed E-state index contributed by atoms with van der Waals surface area (Å²) >= 11 is 0. The van der Waals surface area contributed by atoms with Gasteiger partial charge in [-0.2, -0.15) is 5.10 Å². The van der Waals surface area contributed by atoms with Crippen LogP contribution in [0.25, 0.3) is 10.9 Å². The Kier molecular flexibility index (Phi) is 2.83. The van der Waals surface area contributed by atoms with Gasteiger partial charge in [-0.05, 0) is 26.0 Å². The van der Waals surface area contributed by atoms with Crippen molar-refractivity contribution in [3.63, 3.8) is 0 Å². The Bertz CT molecular complexity index is 575. The first-order valence-electron chi connectivity index (χ1n) is 5.29. The molecule has 0 aliphatic carbocycles. The maximum absolute atomic E-state index is 13.8. The summed E-state index contributed by atoms with van der Waals surface area (Å²) in [4.78, 5) is 11.4. The highest BCUT2D eigenvalue weighted by molar-refractivity contribution is 5.94. The van der Waals surface area contributed by atoms with Gasteiger partial charge in [0.2, 0.25) is 0 Å². The molecule has 0 radical (unpaired) electrons. The quantitative estimate of drug-likeness (QED) is 0.752. The fraction of sp³-hybridized carbons (Fsp3) is 0.333. The van der Waals surface area contributed by atoms with Crippen LogP contribution in [0.3, 0.4) is 0 Å². The fourth-order valence-corrected chi connectivity index (χ4v) is 1.75. The standard InChI is InChI=1S/C12H13FN2O2/c1-7(2)15-11-5-8(12(16)17-3)4-10(13)9(11)6-14-15/h4-7H,1-3H3. The van der Waals surface area contributed by atoms with Gasteiger partial charge in [-0.3, -0.25) is 4.68 Å². The van der Waals surface area contributed by atoms with Crippen LogP contribution in [0.1, 0.15) is 30.2 Å². The van der Waals surface area contributed by atoms with Crippen LogP contribution in [0.15, 0.2) is 18.3 Å². The van der Waals surface area contributed by atoms with Crippen molar-refractivity contribution in [2.75, 3.05) is 7.11 Å². The predicted molar refractivity (Wildman–Crippen MR) is 61.4 cm³/mol. The molecule has 0 amide bonds. The molecule has 0 aliphatic rings. The number of esters is 1. The number of carbonyl (C=O) groups excluding carboxylic acids is 1. The highest BCUT2D eigenvalue weighted by atomic mass is 19.1. The molecule has 1 aromatic heterocycles. The highest BCUT2D eigenvalue weighted by Gasteiger charge is 2.15. The molecule has 0 spiro atoms. The van der Waals surface area contributed by atoms with E-state index in [1.54, 1.807) is 10.7 Å². The molecule has 0 aliphatic heterocycles. The second-order valence-corrected chi connectivity index (χ2v) is 4.07. The Hall–Kier alpha value is -1.91. The van der Waals surface area contributed by atoms with E-state index < -0.39 is 11.8 Å². The van der Waals surface area contributed by atoms with E-state index in [9.17, 15) is 9.18 Å². The number of carbonyl (C=O) groups is 1. The summed E-state index contributed by atoms with van der Waals surface area (Å²) in [5.74, 6) is -1.02. The molecule has 2 rings (SSSR count). The number of hydrogen-bond acceptors (Lipinski definition) is 3. The van der Waals surface area contributed by atoms with Crippen LogP contribution in [0, 0.1) is 5.82 Å². The lowest BCUT2D eigenvalue weighted by Crippen LogP contribution is -2.05. The van der Waals surface area contributed by atoms with Crippen LogP contribution in [-0.2, 0) is 4.74 Å². The van der Waals surface area contributed by atoms with Crippen molar-refractivity contribution in [3.8, 4) is 0 Å². The molecule has 0 saturated heterocycles. The Balaban J connectivity index is 2.69. The van der Waals surface area contributed by atoms with E-state index in [4.69, 9.17) is 0 Å². The summed E-state index contributed by atoms with van der Waals surface area (Å²) in [7, 11) is 1.27. The molecule has 0 N–H and O–H groups in total. The summed E-state index contributed by atoms with van der Waals surface area (Å²) in [6.07, 6.45) is 1.46. The monoisotopic (exact) mass is 236 g/mol. The van der Waals surface area contributed by atoms with Gasteiger partial charge in [0.15, 0.2) is 0 Å². The van der Waals surface area contributed by atoms with E-state index in [0.29, 0.717) is 10.9 Å². The van der Waals surface area contributed by atoms with E-state index >= 15 is 0 Å². The number of benzene rings is 1. The van der Waals surface area contributed by atoms with Crippen molar-refractivity contribution in [1.29, 1.82) is 0 Å². The first-order valence-corrected chi connectivity index (χ1v) is 5.29. The maximum atomic E-state index is 13.8. The van der Waals surface area contributed by atoms with Crippen molar-refractivity contribution < 1.29 is 13.9 Å².